The van der Waals surface area contributed by atoms with Crippen molar-refractivity contribution < 1.29 is 23.7 Å². The molecule has 35 heavy (non-hydrogen) atoms. The van der Waals surface area contributed by atoms with Gasteiger partial charge in [-0.2, -0.15) is 5.26 Å². The van der Waals surface area contributed by atoms with Gasteiger partial charge < -0.3 is 23.8 Å². The van der Waals surface area contributed by atoms with Crippen molar-refractivity contribution in [2.45, 2.75) is 18.9 Å². The standard InChI is InChI=1S/C26H31N3O5S/c1-31-23-5-3-19(16-24(23)32-2)20(17-27)15-22-4-6-25(35-22)29-9-7-21(8-10-29)34-26(30)18-28-11-13-33-14-12-28/h3-6,15-16,21H,7-14,18H2,1-2H3/b20-15+. The Labute approximate surface area is 210 Å². The Morgan fingerprint density at radius 1 is 1.11 bits per heavy atom. The highest BCUT2D eigenvalue weighted by Gasteiger charge is 2.24. The third-order valence-electron chi connectivity index (χ3n) is 6.22. The SMILES string of the molecule is COc1ccc(/C(C#N)=C/c2ccc(N3CCC(OC(=O)CN4CCOCC4)CC3)s2)cc1OC. The quantitative estimate of drug-likeness (QED) is 0.404. The number of piperidine rings is 1. The molecule has 2 aromatic rings. The van der Waals surface area contributed by atoms with Crippen molar-refractivity contribution in [3.63, 3.8) is 0 Å². The molecule has 9 heteroatoms. The second-order valence-electron chi connectivity index (χ2n) is 8.48. The van der Waals surface area contributed by atoms with Crippen molar-refractivity contribution in [1.82, 2.24) is 4.90 Å². The van der Waals surface area contributed by atoms with Crippen LogP contribution in [-0.2, 0) is 14.3 Å². The fourth-order valence-corrected chi connectivity index (χ4v) is 5.28. The lowest BCUT2D eigenvalue weighted by Gasteiger charge is -2.33. The molecule has 3 heterocycles. The number of morpholine rings is 1. The van der Waals surface area contributed by atoms with Crippen LogP contribution >= 0.6 is 11.3 Å². The number of benzene rings is 1. The summed E-state index contributed by atoms with van der Waals surface area (Å²) in [4.78, 5) is 17.7. The van der Waals surface area contributed by atoms with Crippen LogP contribution in [-0.4, -0.2) is 77.1 Å². The smallest absolute Gasteiger partial charge is 0.320 e. The number of carbonyl (C=O) groups is 1. The number of thiophene rings is 1. The van der Waals surface area contributed by atoms with E-state index in [4.69, 9.17) is 18.9 Å². The third-order valence-corrected chi connectivity index (χ3v) is 7.32. The van der Waals surface area contributed by atoms with Crippen LogP contribution in [0.15, 0.2) is 30.3 Å². The fourth-order valence-electron chi connectivity index (χ4n) is 4.27. The molecule has 0 amide bonds. The predicted octanol–water partition coefficient (Wildman–Crippen LogP) is 3.67. The summed E-state index contributed by atoms with van der Waals surface area (Å²) in [5.41, 5.74) is 1.34. The first-order valence-corrected chi connectivity index (χ1v) is 12.6. The predicted molar refractivity (Wildman–Crippen MR) is 136 cm³/mol. The molecule has 0 aliphatic carbocycles. The van der Waals surface area contributed by atoms with Gasteiger partial charge in [-0.15, -0.1) is 11.3 Å². The summed E-state index contributed by atoms with van der Waals surface area (Å²) in [6.45, 7) is 4.91. The molecule has 2 aliphatic rings. The number of anilines is 1. The van der Waals surface area contributed by atoms with E-state index in [-0.39, 0.29) is 12.1 Å². The zero-order valence-electron chi connectivity index (χ0n) is 20.2. The molecular weight excluding hydrogens is 466 g/mol. The molecule has 2 saturated heterocycles. The van der Waals surface area contributed by atoms with E-state index in [0.29, 0.717) is 36.8 Å². The third kappa shape index (κ3) is 6.54. The Morgan fingerprint density at radius 2 is 1.86 bits per heavy atom. The fraction of sp³-hybridized carbons (Fsp3) is 0.462. The van der Waals surface area contributed by atoms with Gasteiger partial charge in [0.1, 0.15) is 6.10 Å². The zero-order valence-corrected chi connectivity index (χ0v) is 21.0. The van der Waals surface area contributed by atoms with Crippen LogP contribution in [0.4, 0.5) is 5.00 Å². The van der Waals surface area contributed by atoms with Crippen LogP contribution in [0.2, 0.25) is 0 Å². The molecule has 0 spiro atoms. The molecule has 0 saturated carbocycles. The second kappa shape index (κ2) is 12.1. The number of hydrogen-bond donors (Lipinski definition) is 0. The maximum atomic E-state index is 12.3. The van der Waals surface area contributed by atoms with Crippen LogP contribution in [0.3, 0.4) is 0 Å². The number of ether oxygens (including phenoxy) is 4. The van der Waals surface area contributed by atoms with Crippen molar-refractivity contribution in [1.29, 1.82) is 5.26 Å². The molecule has 0 bridgehead atoms. The molecule has 1 aromatic carbocycles. The van der Waals surface area contributed by atoms with Gasteiger partial charge in [-0.25, -0.2) is 0 Å². The van der Waals surface area contributed by atoms with E-state index in [1.807, 2.05) is 24.3 Å². The number of methoxy groups -OCH3 is 2. The molecule has 0 radical (unpaired) electrons. The topological polar surface area (TPSA) is 84.3 Å². The van der Waals surface area contributed by atoms with E-state index >= 15 is 0 Å². The van der Waals surface area contributed by atoms with Crippen LogP contribution < -0.4 is 14.4 Å². The lowest BCUT2D eigenvalue weighted by molar-refractivity contribution is -0.152. The van der Waals surface area contributed by atoms with Crippen LogP contribution in [0.25, 0.3) is 11.6 Å². The first-order valence-electron chi connectivity index (χ1n) is 11.8. The van der Waals surface area contributed by atoms with Crippen LogP contribution in [0.5, 0.6) is 11.5 Å². The molecule has 4 rings (SSSR count). The van der Waals surface area contributed by atoms with Gasteiger partial charge in [0.25, 0.3) is 0 Å². The lowest BCUT2D eigenvalue weighted by Crippen LogP contribution is -2.42. The molecule has 0 N–H and O–H groups in total. The van der Waals surface area contributed by atoms with Gasteiger partial charge >= 0.3 is 5.97 Å². The maximum absolute atomic E-state index is 12.3. The van der Waals surface area contributed by atoms with Crippen molar-refractivity contribution in [2.75, 3.05) is 65.1 Å². The minimum absolute atomic E-state index is 0.0330. The zero-order chi connectivity index (χ0) is 24.6. The van der Waals surface area contributed by atoms with Crippen molar-refractivity contribution in [3.05, 3.63) is 40.8 Å². The molecule has 186 valence electrons. The maximum Gasteiger partial charge on any atom is 0.320 e. The highest BCUT2D eigenvalue weighted by Crippen LogP contribution is 2.34. The Bertz CT molecular complexity index is 1080. The molecule has 2 aliphatic heterocycles. The van der Waals surface area contributed by atoms with E-state index in [9.17, 15) is 10.1 Å². The Kier molecular flexibility index (Phi) is 8.64. The molecule has 0 unspecified atom stereocenters. The number of rotatable bonds is 8. The Hall–Kier alpha value is -3.06. The molecule has 2 fully saturated rings. The second-order valence-corrected chi connectivity index (χ2v) is 9.57. The average molecular weight is 498 g/mol. The monoisotopic (exact) mass is 497 g/mol. The largest absolute Gasteiger partial charge is 0.493 e. The summed E-state index contributed by atoms with van der Waals surface area (Å²) in [6, 6.07) is 11.9. The van der Waals surface area contributed by atoms with Gasteiger partial charge in [0, 0.05) is 43.9 Å². The van der Waals surface area contributed by atoms with Gasteiger partial charge in [-0.1, -0.05) is 0 Å². The Balaban J connectivity index is 1.33. The summed E-state index contributed by atoms with van der Waals surface area (Å²) in [7, 11) is 3.17. The first-order chi connectivity index (χ1) is 17.1. The van der Waals surface area contributed by atoms with Crippen molar-refractivity contribution >= 4 is 34.0 Å². The van der Waals surface area contributed by atoms with Gasteiger partial charge in [-0.3, -0.25) is 9.69 Å². The summed E-state index contributed by atoms with van der Waals surface area (Å²) >= 11 is 1.65. The van der Waals surface area contributed by atoms with Crippen molar-refractivity contribution in [2.24, 2.45) is 0 Å². The molecule has 0 atom stereocenters. The summed E-state index contributed by atoms with van der Waals surface area (Å²) in [5.74, 6) is 1.07. The molecular formula is C26H31N3O5S. The highest BCUT2D eigenvalue weighted by molar-refractivity contribution is 7.17. The van der Waals surface area contributed by atoms with E-state index in [1.54, 1.807) is 31.6 Å². The van der Waals surface area contributed by atoms with Crippen LogP contribution in [0.1, 0.15) is 23.3 Å². The number of nitriles is 1. The number of carbonyl (C=O) groups excluding carboxylic acids is 1. The van der Waals surface area contributed by atoms with Gasteiger partial charge in [-0.05, 0) is 42.0 Å². The number of esters is 1. The van der Waals surface area contributed by atoms with Gasteiger partial charge in [0.05, 0.1) is 50.6 Å². The van der Waals surface area contributed by atoms with E-state index in [1.165, 1.54) is 0 Å². The minimum Gasteiger partial charge on any atom is -0.493 e. The first kappa shape index (κ1) is 25.0. The van der Waals surface area contributed by atoms with Crippen molar-refractivity contribution in [3.8, 4) is 17.6 Å². The van der Waals surface area contributed by atoms with Gasteiger partial charge in [0.2, 0.25) is 0 Å². The Morgan fingerprint density at radius 3 is 2.54 bits per heavy atom. The van der Waals surface area contributed by atoms with Gasteiger partial charge in [0.15, 0.2) is 11.5 Å². The number of allylic oxidation sites excluding steroid dienone is 1. The lowest BCUT2D eigenvalue weighted by atomic mass is 10.1. The van der Waals surface area contributed by atoms with E-state index in [0.717, 1.165) is 54.5 Å². The van der Waals surface area contributed by atoms with E-state index < -0.39 is 0 Å². The normalized spacial score (nSPS) is 17.6. The highest BCUT2D eigenvalue weighted by atomic mass is 32.1. The number of hydrogen-bond acceptors (Lipinski definition) is 9. The summed E-state index contributed by atoms with van der Waals surface area (Å²) in [5, 5.41) is 10.9. The van der Waals surface area contributed by atoms with Crippen LogP contribution in [0, 0.1) is 11.3 Å². The molecule has 8 nitrogen and oxygen atoms in total. The minimum atomic E-state index is -0.145. The average Bonchev–Trinajstić information content (AvgIpc) is 3.36. The molecule has 1 aromatic heterocycles. The summed E-state index contributed by atoms with van der Waals surface area (Å²) < 4.78 is 21.7. The number of nitrogens with zero attached hydrogens (tertiary/aromatic N) is 3. The summed E-state index contributed by atoms with van der Waals surface area (Å²) in [6.07, 6.45) is 3.49. The van der Waals surface area contributed by atoms with E-state index in [2.05, 4.69) is 21.9 Å².